The van der Waals surface area contributed by atoms with Crippen molar-refractivity contribution in [2.24, 2.45) is 0 Å². The van der Waals surface area contributed by atoms with Crippen molar-refractivity contribution < 1.29 is 14.3 Å². The van der Waals surface area contributed by atoms with Gasteiger partial charge in [0.25, 0.3) is 0 Å². The first-order valence-electron chi connectivity index (χ1n) is 10.3. The second kappa shape index (κ2) is 9.78. The van der Waals surface area contributed by atoms with Crippen molar-refractivity contribution in [1.29, 1.82) is 0 Å². The molecule has 0 bridgehead atoms. The fraction of sp³-hybridized carbons (Fsp3) is 0.619. The van der Waals surface area contributed by atoms with Crippen LogP contribution in [-0.4, -0.2) is 79.8 Å². The summed E-state index contributed by atoms with van der Waals surface area (Å²) in [4.78, 5) is 30.7. The third-order valence-electron chi connectivity index (χ3n) is 5.23. The summed E-state index contributed by atoms with van der Waals surface area (Å²) in [6.45, 7) is 9.40. The lowest BCUT2D eigenvalue weighted by Gasteiger charge is -2.38. The van der Waals surface area contributed by atoms with Crippen LogP contribution in [0.1, 0.15) is 26.7 Å². The lowest BCUT2D eigenvalue weighted by molar-refractivity contribution is -0.129. The highest BCUT2D eigenvalue weighted by atomic mass is 16.6. The second-order valence-corrected chi connectivity index (χ2v) is 7.89. The van der Waals surface area contributed by atoms with Crippen LogP contribution >= 0.6 is 0 Å². The smallest absolute Gasteiger partial charge is 0.407 e. The average Bonchev–Trinajstić information content (AvgIpc) is 3.07. The van der Waals surface area contributed by atoms with Crippen LogP contribution in [0.4, 0.5) is 10.5 Å². The van der Waals surface area contributed by atoms with Crippen molar-refractivity contribution in [3.63, 3.8) is 0 Å². The highest BCUT2D eigenvalue weighted by molar-refractivity contribution is 5.78. The third kappa shape index (κ3) is 5.86. The Morgan fingerprint density at radius 2 is 1.79 bits per heavy atom. The zero-order valence-corrected chi connectivity index (χ0v) is 17.0. The highest BCUT2D eigenvalue weighted by Gasteiger charge is 2.28. The number of alkyl carbamates (subject to hydrolysis) is 1. The number of ether oxygens (including phenoxy) is 1. The number of anilines is 1. The van der Waals surface area contributed by atoms with Gasteiger partial charge in [0, 0.05) is 57.4 Å². The van der Waals surface area contributed by atoms with Crippen LogP contribution in [0.15, 0.2) is 30.3 Å². The van der Waals surface area contributed by atoms with Crippen molar-refractivity contribution in [3.05, 3.63) is 30.3 Å². The quantitative estimate of drug-likeness (QED) is 0.773. The maximum absolute atomic E-state index is 12.1. The van der Waals surface area contributed by atoms with Crippen LogP contribution in [0.2, 0.25) is 0 Å². The minimum Gasteiger partial charge on any atom is -0.443 e. The van der Waals surface area contributed by atoms with Crippen LogP contribution in [0.3, 0.4) is 0 Å². The van der Waals surface area contributed by atoms with Crippen LogP contribution < -0.4 is 10.2 Å². The van der Waals surface area contributed by atoms with Gasteiger partial charge in [0.2, 0.25) is 5.91 Å². The van der Waals surface area contributed by atoms with E-state index in [2.05, 4.69) is 39.4 Å². The molecule has 1 unspecified atom stereocenters. The summed E-state index contributed by atoms with van der Waals surface area (Å²) >= 11 is 0. The molecular formula is C21H32N4O3. The zero-order valence-electron chi connectivity index (χ0n) is 17.0. The van der Waals surface area contributed by atoms with E-state index in [0.29, 0.717) is 19.5 Å². The molecule has 3 rings (SSSR count). The van der Waals surface area contributed by atoms with E-state index in [1.54, 1.807) is 0 Å². The van der Waals surface area contributed by atoms with Gasteiger partial charge < -0.3 is 19.9 Å². The standard InChI is InChI=1S/C21H32N4O3/c1-17(2)22-21(27)28-19(16-25-10-6-9-20(25)26)15-23-11-13-24(14-12-23)18-7-4-3-5-8-18/h3-5,7-8,17,19H,6,9-16H2,1-2H3,(H,22,27). The molecule has 2 saturated heterocycles. The molecule has 7 nitrogen and oxygen atoms in total. The molecule has 28 heavy (non-hydrogen) atoms. The normalized spacial score (nSPS) is 19.2. The molecule has 2 fully saturated rings. The predicted octanol–water partition coefficient (Wildman–Crippen LogP) is 1.93. The molecule has 1 aromatic rings. The Labute approximate surface area is 167 Å². The van der Waals surface area contributed by atoms with E-state index in [4.69, 9.17) is 4.74 Å². The number of rotatable bonds is 7. The molecule has 0 radical (unpaired) electrons. The topological polar surface area (TPSA) is 65.1 Å². The second-order valence-electron chi connectivity index (χ2n) is 7.89. The maximum Gasteiger partial charge on any atom is 0.407 e. The molecule has 7 heteroatoms. The number of carbonyl (C=O) groups excluding carboxylic acids is 2. The van der Waals surface area contributed by atoms with Crippen LogP contribution in [-0.2, 0) is 9.53 Å². The number of hydrogen-bond donors (Lipinski definition) is 1. The van der Waals surface area contributed by atoms with Gasteiger partial charge in [-0.1, -0.05) is 18.2 Å². The van der Waals surface area contributed by atoms with Crippen LogP contribution in [0, 0.1) is 0 Å². The molecule has 0 spiro atoms. The molecule has 1 aromatic carbocycles. The average molecular weight is 389 g/mol. The maximum atomic E-state index is 12.1. The predicted molar refractivity (Wildman–Crippen MR) is 109 cm³/mol. The summed E-state index contributed by atoms with van der Waals surface area (Å²) in [6.07, 6.45) is 0.763. The molecule has 1 N–H and O–H groups in total. The first-order valence-corrected chi connectivity index (χ1v) is 10.3. The fourth-order valence-corrected chi connectivity index (χ4v) is 3.81. The fourth-order valence-electron chi connectivity index (χ4n) is 3.81. The summed E-state index contributed by atoms with van der Waals surface area (Å²) in [6, 6.07) is 10.4. The van der Waals surface area contributed by atoms with Crippen molar-refractivity contribution >= 4 is 17.7 Å². The minimum atomic E-state index is -0.408. The number of nitrogens with zero attached hydrogens (tertiary/aromatic N) is 3. The van der Waals surface area contributed by atoms with Gasteiger partial charge in [0.05, 0.1) is 6.54 Å². The molecule has 2 amide bonds. The van der Waals surface area contributed by atoms with E-state index < -0.39 is 6.09 Å². The lowest BCUT2D eigenvalue weighted by atomic mass is 10.2. The first kappa shape index (κ1) is 20.5. The Bertz CT molecular complexity index is 644. The molecular weight excluding hydrogens is 356 g/mol. The van der Waals surface area contributed by atoms with E-state index >= 15 is 0 Å². The Kier molecular flexibility index (Phi) is 7.14. The van der Waals surface area contributed by atoms with Crippen LogP contribution in [0.5, 0.6) is 0 Å². The molecule has 1 atom stereocenters. The Morgan fingerprint density at radius 1 is 1.07 bits per heavy atom. The van der Waals surface area contributed by atoms with Gasteiger partial charge in [-0.15, -0.1) is 0 Å². The minimum absolute atomic E-state index is 0.0241. The summed E-state index contributed by atoms with van der Waals surface area (Å²) in [5, 5.41) is 2.78. The Balaban J connectivity index is 1.54. The number of nitrogens with one attached hydrogen (secondary N) is 1. The van der Waals surface area contributed by atoms with Gasteiger partial charge in [0.1, 0.15) is 6.10 Å². The molecule has 2 aliphatic rings. The number of piperazine rings is 1. The summed E-state index contributed by atoms with van der Waals surface area (Å²) in [5.41, 5.74) is 1.24. The summed E-state index contributed by atoms with van der Waals surface area (Å²) in [7, 11) is 0. The van der Waals surface area contributed by atoms with Gasteiger partial charge in [-0.2, -0.15) is 0 Å². The van der Waals surface area contributed by atoms with Gasteiger partial charge in [0.15, 0.2) is 0 Å². The van der Waals surface area contributed by atoms with Crippen molar-refractivity contribution in [1.82, 2.24) is 15.1 Å². The molecule has 2 aliphatic heterocycles. The molecule has 0 aliphatic carbocycles. The van der Waals surface area contributed by atoms with E-state index in [0.717, 1.165) is 39.1 Å². The largest absolute Gasteiger partial charge is 0.443 e. The summed E-state index contributed by atoms with van der Waals surface area (Å²) in [5.74, 6) is 0.159. The highest BCUT2D eigenvalue weighted by Crippen LogP contribution is 2.17. The number of para-hydroxylation sites is 1. The molecule has 154 valence electrons. The van der Waals surface area contributed by atoms with Gasteiger partial charge in [-0.05, 0) is 32.4 Å². The van der Waals surface area contributed by atoms with Crippen molar-refractivity contribution in [2.45, 2.75) is 38.8 Å². The first-order chi connectivity index (χ1) is 13.5. The number of benzene rings is 1. The Hall–Kier alpha value is -2.28. The van der Waals surface area contributed by atoms with E-state index in [-0.39, 0.29) is 18.1 Å². The van der Waals surface area contributed by atoms with Crippen molar-refractivity contribution in [2.75, 3.05) is 50.7 Å². The van der Waals surface area contributed by atoms with E-state index in [1.165, 1.54) is 5.69 Å². The van der Waals surface area contributed by atoms with E-state index in [9.17, 15) is 9.59 Å². The number of amides is 2. The summed E-state index contributed by atoms with van der Waals surface area (Å²) < 4.78 is 5.69. The third-order valence-corrected chi connectivity index (χ3v) is 5.23. The number of hydrogen-bond acceptors (Lipinski definition) is 5. The molecule has 0 aromatic heterocycles. The number of carbonyl (C=O) groups is 2. The van der Waals surface area contributed by atoms with Crippen LogP contribution in [0.25, 0.3) is 0 Å². The SMILES string of the molecule is CC(C)NC(=O)OC(CN1CCN(c2ccccc2)CC1)CN1CCCC1=O. The van der Waals surface area contributed by atoms with Gasteiger partial charge in [-0.25, -0.2) is 4.79 Å². The van der Waals surface area contributed by atoms with Gasteiger partial charge in [-0.3, -0.25) is 9.69 Å². The lowest BCUT2D eigenvalue weighted by Crippen LogP contribution is -2.51. The Morgan fingerprint density at radius 3 is 2.39 bits per heavy atom. The van der Waals surface area contributed by atoms with Crippen molar-refractivity contribution in [3.8, 4) is 0 Å². The number of likely N-dealkylation sites (tertiary alicyclic amines) is 1. The van der Waals surface area contributed by atoms with Gasteiger partial charge >= 0.3 is 6.09 Å². The molecule has 2 heterocycles. The molecule has 0 saturated carbocycles. The van der Waals surface area contributed by atoms with E-state index in [1.807, 2.05) is 24.8 Å². The monoisotopic (exact) mass is 388 g/mol. The zero-order chi connectivity index (χ0) is 19.9.